The number of nitrogens with zero attached hydrogens (tertiary/aromatic N) is 1. The lowest BCUT2D eigenvalue weighted by atomic mass is 10.1. The van der Waals surface area contributed by atoms with Gasteiger partial charge in [-0.25, -0.2) is 0 Å². The van der Waals surface area contributed by atoms with Gasteiger partial charge in [0.15, 0.2) is 0 Å². The Balaban J connectivity index is 2.20. The fraction of sp³-hybridized carbons (Fsp3) is 0.214. The number of hydrogen-bond acceptors (Lipinski definition) is 5. The highest BCUT2D eigenvalue weighted by molar-refractivity contribution is 7.09. The lowest BCUT2D eigenvalue weighted by Crippen LogP contribution is -2.23. The van der Waals surface area contributed by atoms with Crippen molar-refractivity contribution in [3.05, 3.63) is 56.3 Å². The molecule has 0 saturated heterocycles. The zero-order valence-electron chi connectivity index (χ0n) is 11.5. The molecule has 0 unspecified atom stereocenters. The first-order valence-corrected chi connectivity index (χ1v) is 7.32. The van der Waals surface area contributed by atoms with Gasteiger partial charge in [-0.1, -0.05) is 6.07 Å². The number of nitro benzene ring substituents is 1. The molecule has 0 atom stereocenters. The molecule has 110 valence electrons. The summed E-state index contributed by atoms with van der Waals surface area (Å²) in [6, 6.07) is 8.23. The number of nitro groups is 1. The Kier molecular flexibility index (Phi) is 4.89. The van der Waals surface area contributed by atoms with Crippen LogP contribution in [0.3, 0.4) is 0 Å². The maximum atomic E-state index is 12.2. The molecular formula is C14H15N3O3S. The molecule has 21 heavy (non-hydrogen) atoms. The van der Waals surface area contributed by atoms with Crippen molar-refractivity contribution in [3.8, 4) is 0 Å². The Morgan fingerprint density at radius 3 is 2.81 bits per heavy atom. The highest BCUT2D eigenvalue weighted by Gasteiger charge is 2.20. The Labute approximate surface area is 126 Å². The minimum absolute atomic E-state index is 0.0648. The minimum Gasteiger partial charge on any atom is -0.385 e. The van der Waals surface area contributed by atoms with Crippen LogP contribution in [0.25, 0.3) is 0 Å². The predicted octanol–water partition coefficient (Wildman–Crippen LogP) is 3.02. The number of anilines is 1. The third kappa shape index (κ3) is 3.79. The summed E-state index contributed by atoms with van der Waals surface area (Å²) in [5.41, 5.74) is 0.555. The summed E-state index contributed by atoms with van der Waals surface area (Å²) in [5.74, 6) is -0.449. The molecule has 1 aromatic carbocycles. The van der Waals surface area contributed by atoms with E-state index in [2.05, 4.69) is 10.6 Å². The van der Waals surface area contributed by atoms with Crippen molar-refractivity contribution in [2.75, 3.05) is 11.9 Å². The van der Waals surface area contributed by atoms with Gasteiger partial charge in [0.2, 0.25) is 0 Å². The molecule has 6 nitrogen and oxygen atoms in total. The molecule has 1 amide bonds. The van der Waals surface area contributed by atoms with E-state index >= 15 is 0 Å². The molecule has 0 radical (unpaired) electrons. The first kappa shape index (κ1) is 15.0. The van der Waals surface area contributed by atoms with Gasteiger partial charge in [0, 0.05) is 23.2 Å². The van der Waals surface area contributed by atoms with Crippen LogP contribution in [0.1, 0.15) is 22.2 Å². The van der Waals surface area contributed by atoms with E-state index in [9.17, 15) is 14.9 Å². The van der Waals surface area contributed by atoms with Crippen molar-refractivity contribution >= 4 is 28.6 Å². The second-order valence-electron chi connectivity index (χ2n) is 4.28. The molecule has 2 rings (SSSR count). The molecule has 0 bridgehead atoms. The second kappa shape index (κ2) is 6.85. The molecule has 1 heterocycles. The monoisotopic (exact) mass is 305 g/mol. The van der Waals surface area contributed by atoms with Crippen molar-refractivity contribution < 1.29 is 9.72 Å². The summed E-state index contributed by atoms with van der Waals surface area (Å²) < 4.78 is 0. The smallest absolute Gasteiger partial charge is 0.282 e. The number of nitrogens with one attached hydrogen (secondary N) is 2. The summed E-state index contributed by atoms with van der Waals surface area (Å²) >= 11 is 1.52. The maximum Gasteiger partial charge on any atom is 0.282 e. The number of carbonyl (C=O) groups is 1. The third-order valence-electron chi connectivity index (χ3n) is 2.82. The molecule has 0 spiro atoms. The molecule has 0 fully saturated rings. The van der Waals surface area contributed by atoms with Crippen LogP contribution in [0, 0.1) is 10.1 Å². The van der Waals surface area contributed by atoms with Crippen LogP contribution in [0.2, 0.25) is 0 Å². The number of carbonyl (C=O) groups excluding carboxylic acids is 1. The summed E-state index contributed by atoms with van der Waals surface area (Å²) in [5, 5.41) is 18.7. The van der Waals surface area contributed by atoms with Gasteiger partial charge < -0.3 is 10.6 Å². The molecule has 0 aliphatic carbocycles. The van der Waals surface area contributed by atoms with Crippen molar-refractivity contribution in [3.63, 3.8) is 0 Å². The van der Waals surface area contributed by atoms with Crippen molar-refractivity contribution in [2.45, 2.75) is 13.5 Å². The van der Waals surface area contributed by atoms with Crippen molar-refractivity contribution in [2.24, 2.45) is 0 Å². The zero-order chi connectivity index (χ0) is 15.2. The molecule has 1 aromatic heterocycles. The second-order valence-corrected chi connectivity index (χ2v) is 5.31. The number of hydrogen-bond donors (Lipinski definition) is 2. The first-order chi connectivity index (χ1) is 10.1. The molecule has 7 heteroatoms. The molecular weight excluding hydrogens is 290 g/mol. The lowest BCUT2D eigenvalue weighted by Gasteiger charge is -2.08. The molecule has 2 aromatic rings. The lowest BCUT2D eigenvalue weighted by molar-refractivity contribution is -0.385. The van der Waals surface area contributed by atoms with Gasteiger partial charge in [-0.2, -0.15) is 0 Å². The zero-order valence-corrected chi connectivity index (χ0v) is 12.3. The van der Waals surface area contributed by atoms with E-state index in [1.807, 2.05) is 24.4 Å². The van der Waals surface area contributed by atoms with Crippen LogP contribution in [0.5, 0.6) is 0 Å². The molecule has 2 N–H and O–H groups in total. The highest BCUT2D eigenvalue weighted by Crippen LogP contribution is 2.23. The van der Waals surface area contributed by atoms with Crippen LogP contribution in [-0.2, 0) is 6.54 Å². The third-order valence-corrected chi connectivity index (χ3v) is 3.70. The Morgan fingerprint density at radius 2 is 2.19 bits per heavy atom. The molecule has 0 aliphatic heterocycles. The largest absolute Gasteiger partial charge is 0.385 e. The predicted molar refractivity (Wildman–Crippen MR) is 82.7 cm³/mol. The van der Waals surface area contributed by atoms with Gasteiger partial charge in [0.05, 0.1) is 11.5 Å². The van der Waals surface area contributed by atoms with Crippen molar-refractivity contribution in [1.82, 2.24) is 5.32 Å². The first-order valence-electron chi connectivity index (χ1n) is 6.44. The standard InChI is InChI=1S/C14H15N3O3S/c1-2-15-10-5-6-13(17(19)20)12(8-10)14(18)16-9-11-4-3-7-21-11/h3-8,15H,2,9H2,1H3,(H,16,18). The summed E-state index contributed by atoms with van der Waals surface area (Å²) in [6.07, 6.45) is 0. The molecule has 0 aliphatic rings. The van der Waals surface area contributed by atoms with E-state index in [1.165, 1.54) is 23.5 Å². The van der Waals surface area contributed by atoms with E-state index in [4.69, 9.17) is 0 Å². The fourth-order valence-corrected chi connectivity index (χ4v) is 2.51. The van der Waals surface area contributed by atoms with Gasteiger partial charge in [-0.15, -0.1) is 11.3 Å². The number of thiophene rings is 1. The van der Waals surface area contributed by atoms with E-state index in [-0.39, 0.29) is 11.3 Å². The topological polar surface area (TPSA) is 84.3 Å². The Bertz CT molecular complexity index is 641. The normalized spacial score (nSPS) is 10.1. The van der Waals surface area contributed by atoms with E-state index in [0.717, 1.165) is 4.88 Å². The maximum absolute atomic E-state index is 12.2. The summed E-state index contributed by atoms with van der Waals surface area (Å²) in [7, 11) is 0. The van der Waals surface area contributed by atoms with Crippen LogP contribution >= 0.6 is 11.3 Å². The van der Waals surface area contributed by atoms with Crippen LogP contribution < -0.4 is 10.6 Å². The number of benzene rings is 1. The van der Waals surface area contributed by atoms with Gasteiger partial charge in [-0.05, 0) is 30.5 Å². The number of amides is 1. The SMILES string of the molecule is CCNc1ccc([N+](=O)[O-])c(C(=O)NCc2cccs2)c1. The summed E-state index contributed by atoms with van der Waals surface area (Å²) in [4.78, 5) is 23.7. The van der Waals surface area contributed by atoms with Gasteiger partial charge in [0.25, 0.3) is 11.6 Å². The van der Waals surface area contributed by atoms with Gasteiger partial charge in [-0.3, -0.25) is 14.9 Å². The average molecular weight is 305 g/mol. The number of rotatable bonds is 6. The van der Waals surface area contributed by atoms with Crippen molar-refractivity contribution in [1.29, 1.82) is 0 Å². The quantitative estimate of drug-likeness (QED) is 0.634. The Hall–Kier alpha value is -2.41. The van der Waals surface area contributed by atoms with Gasteiger partial charge in [0.1, 0.15) is 5.56 Å². The van der Waals surface area contributed by atoms with Crippen LogP contribution in [0.15, 0.2) is 35.7 Å². The Morgan fingerprint density at radius 1 is 1.38 bits per heavy atom. The average Bonchev–Trinajstić information content (AvgIpc) is 2.98. The minimum atomic E-state index is -0.546. The summed E-state index contributed by atoms with van der Waals surface area (Å²) in [6.45, 7) is 2.95. The fourth-order valence-electron chi connectivity index (χ4n) is 1.87. The van der Waals surface area contributed by atoms with E-state index in [0.29, 0.717) is 18.8 Å². The van der Waals surface area contributed by atoms with Gasteiger partial charge >= 0.3 is 0 Å². The molecule has 0 saturated carbocycles. The van der Waals surface area contributed by atoms with Crippen LogP contribution in [-0.4, -0.2) is 17.4 Å². The van der Waals surface area contributed by atoms with Crippen LogP contribution in [0.4, 0.5) is 11.4 Å². The van der Waals surface area contributed by atoms with E-state index < -0.39 is 10.8 Å². The highest BCUT2D eigenvalue weighted by atomic mass is 32.1. The van der Waals surface area contributed by atoms with E-state index in [1.54, 1.807) is 6.07 Å².